The van der Waals surface area contributed by atoms with E-state index < -0.39 is 0 Å². The van der Waals surface area contributed by atoms with Gasteiger partial charge in [-0.25, -0.2) is 4.98 Å². The highest BCUT2D eigenvalue weighted by atomic mass is 16.3. The molecular formula is C14H23N3O. The number of hydrogen-bond donors (Lipinski definition) is 2. The molecule has 0 aromatic carbocycles. The number of rotatable bonds is 5. The van der Waals surface area contributed by atoms with Crippen LogP contribution in [0.2, 0.25) is 0 Å². The molecule has 18 heavy (non-hydrogen) atoms. The average molecular weight is 249 g/mol. The third kappa shape index (κ3) is 3.43. The van der Waals surface area contributed by atoms with E-state index in [4.69, 9.17) is 5.11 Å². The lowest BCUT2D eigenvalue weighted by Gasteiger charge is -2.32. The number of anilines is 1. The lowest BCUT2D eigenvalue weighted by molar-refractivity contribution is 0.203. The van der Waals surface area contributed by atoms with Gasteiger partial charge in [0.1, 0.15) is 5.82 Å². The molecule has 0 amide bonds. The molecule has 2 heterocycles. The minimum absolute atomic E-state index is 0.322. The van der Waals surface area contributed by atoms with Gasteiger partial charge >= 0.3 is 0 Å². The Bertz CT molecular complexity index is 345. The number of aliphatic hydroxyl groups is 1. The summed E-state index contributed by atoms with van der Waals surface area (Å²) in [6.45, 7) is 6.30. The van der Waals surface area contributed by atoms with Gasteiger partial charge < -0.3 is 15.3 Å². The van der Waals surface area contributed by atoms with Gasteiger partial charge in [-0.3, -0.25) is 0 Å². The molecule has 1 aromatic rings. The first-order valence-electron chi connectivity index (χ1n) is 6.85. The first-order chi connectivity index (χ1) is 8.83. The summed E-state index contributed by atoms with van der Waals surface area (Å²) in [7, 11) is 0. The standard InChI is InChI=1S/C14H23N3O/c1-2-15-9-13-3-4-14(16-10-13)17-7-5-12(11-18)6-8-17/h3-4,10,12,15,18H,2,5-9,11H2,1H3. The molecule has 1 aliphatic rings. The summed E-state index contributed by atoms with van der Waals surface area (Å²) in [5.74, 6) is 1.54. The monoisotopic (exact) mass is 249 g/mol. The predicted molar refractivity (Wildman–Crippen MR) is 73.6 cm³/mol. The predicted octanol–water partition coefficient (Wildman–Crippen LogP) is 1.40. The summed E-state index contributed by atoms with van der Waals surface area (Å²) < 4.78 is 0. The Morgan fingerprint density at radius 2 is 2.17 bits per heavy atom. The first-order valence-corrected chi connectivity index (χ1v) is 6.85. The second-order valence-corrected chi connectivity index (χ2v) is 4.92. The molecule has 0 radical (unpaired) electrons. The Labute approximate surface area is 109 Å². The van der Waals surface area contributed by atoms with Crippen molar-refractivity contribution in [2.75, 3.05) is 31.1 Å². The zero-order valence-corrected chi connectivity index (χ0v) is 11.1. The van der Waals surface area contributed by atoms with Crippen LogP contribution in [0.15, 0.2) is 18.3 Å². The van der Waals surface area contributed by atoms with E-state index in [0.717, 1.165) is 44.8 Å². The summed E-state index contributed by atoms with van der Waals surface area (Å²) in [6.07, 6.45) is 4.09. The molecule has 1 aromatic heterocycles. The number of nitrogens with one attached hydrogen (secondary N) is 1. The van der Waals surface area contributed by atoms with E-state index in [9.17, 15) is 0 Å². The van der Waals surface area contributed by atoms with Crippen molar-refractivity contribution in [2.45, 2.75) is 26.3 Å². The third-order valence-corrected chi connectivity index (χ3v) is 3.58. The fourth-order valence-corrected chi connectivity index (χ4v) is 2.32. The van der Waals surface area contributed by atoms with Crippen LogP contribution < -0.4 is 10.2 Å². The molecule has 0 atom stereocenters. The van der Waals surface area contributed by atoms with Crippen LogP contribution in [0.1, 0.15) is 25.3 Å². The molecule has 2 rings (SSSR count). The first kappa shape index (κ1) is 13.3. The van der Waals surface area contributed by atoms with Crippen LogP contribution in [-0.4, -0.2) is 36.3 Å². The van der Waals surface area contributed by atoms with E-state index in [2.05, 4.69) is 34.3 Å². The molecule has 4 heteroatoms. The molecule has 0 spiro atoms. The van der Waals surface area contributed by atoms with Gasteiger partial charge in [0.2, 0.25) is 0 Å². The maximum atomic E-state index is 9.13. The Balaban J connectivity index is 1.89. The van der Waals surface area contributed by atoms with E-state index in [0.29, 0.717) is 12.5 Å². The van der Waals surface area contributed by atoms with Gasteiger partial charge in [-0.1, -0.05) is 13.0 Å². The fourth-order valence-electron chi connectivity index (χ4n) is 2.32. The van der Waals surface area contributed by atoms with Gasteiger partial charge in [0, 0.05) is 32.4 Å². The Morgan fingerprint density at radius 1 is 1.39 bits per heavy atom. The van der Waals surface area contributed by atoms with Crippen LogP contribution in [0.25, 0.3) is 0 Å². The summed E-state index contributed by atoms with van der Waals surface area (Å²) in [5.41, 5.74) is 1.23. The second kappa shape index (κ2) is 6.71. The summed E-state index contributed by atoms with van der Waals surface area (Å²) >= 11 is 0. The molecule has 0 saturated carbocycles. The highest BCUT2D eigenvalue weighted by Crippen LogP contribution is 2.21. The van der Waals surface area contributed by atoms with E-state index in [1.54, 1.807) is 0 Å². The zero-order valence-electron chi connectivity index (χ0n) is 11.1. The quantitative estimate of drug-likeness (QED) is 0.828. The minimum atomic E-state index is 0.322. The number of aromatic nitrogens is 1. The van der Waals surface area contributed by atoms with Crippen molar-refractivity contribution in [3.8, 4) is 0 Å². The summed E-state index contributed by atoms with van der Waals surface area (Å²) in [5, 5.41) is 12.4. The summed E-state index contributed by atoms with van der Waals surface area (Å²) in [6, 6.07) is 4.25. The maximum Gasteiger partial charge on any atom is 0.128 e. The summed E-state index contributed by atoms with van der Waals surface area (Å²) in [4.78, 5) is 6.84. The van der Waals surface area contributed by atoms with Gasteiger partial charge in [-0.05, 0) is 36.9 Å². The van der Waals surface area contributed by atoms with Crippen molar-refractivity contribution in [3.63, 3.8) is 0 Å². The molecule has 1 aliphatic heterocycles. The van der Waals surface area contributed by atoms with Crippen molar-refractivity contribution in [3.05, 3.63) is 23.9 Å². The molecule has 1 fully saturated rings. The van der Waals surface area contributed by atoms with Crippen LogP contribution in [0.4, 0.5) is 5.82 Å². The van der Waals surface area contributed by atoms with Crippen molar-refractivity contribution in [1.82, 2.24) is 10.3 Å². The lowest BCUT2D eigenvalue weighted by atomic mass is 9.98. The fraction of sp³-hybridized carbons (Fsp3) is 0.643. The topological polar surface area (TPSA) is 48.4 Å². The molecule has 1 saturated heterocycles. The Kier molecular flexibility index (Phi) is 4.96. The lowest BCUT2D eigenvalue weighted by Crippen LogP contribution is -2.35. The molecular weight excluding hydrogens is 226 g/mol. The normalized spacial score (nSPS) is 17.1. The third-order valence-electron chi connectivity index (χ3n) is 3.58. The molecule has 2 N–H and O–H groups in total. The highest BCUT2D eigenvalue weighted by Gasteiger charge is 2.19. The minimum Gasteiger partial charge on any atom is -0.396 e. The van der Waals surface area contributed by atoms with Gasteiger partial charge in [0.05, 0.1) is 0 Å². The highest BCUT2D eigenvalue weighted by molar-refractivity contribution is 5.39. The molecule has 100 valence electrons. The van der Waals surface area contributed by atoms with Crippen molar-refractivity contribution >= 4 is 5.82 Å². The van der Waals surface area contributed by atoms with Crippen molar-refractivity contribution < 1.29 is 5.11 Å². The number of nitrogens with zero attached hydrogens (tertiary/aromatic N) is 2. The van der Waals surface area contributed by atoms with Gasteiger partial charge in [0.25, 0.3) is 0 Å². The average Bonchev–Trinajstić information content (AvgIpc) is 2.46. The zero-order chi connectivity index (χ0) is 12.8. The van der Waals surface area contributed by atoms with Gasteiger partial charge in [-0.15, -0.1) is 0 Å². The van der Waals surface area contributed by atoms with Crippen LogP contribution in [-0.2, 0) is 6.54 Å². The van der Waals surface area contributed by atoms with Crippen molar-refractivity contribution in [2.24, 2.45) is 5.92 Å². The van der Waals surface area contributed by atoms with E-state index in [1.807, 2.05) is 6.20 Å². The number of hydrogen-bond acceptors (Lipinski definition) is 4. The Morgan fingerprint density at radius 3 is 2.72 bits per heavy atom. The second-order valence-electron chi connectivity index (χ2n) is 4.92. The SMILES string of the molecule is CCNCc1ccc(N2CCC(CO)CC2)nc1. The van der Waals surface area contributed by atoms with E-state index >= 15 is 0 Å². The number of aliphatic hydroxyl groups excluding tert-OH is 1. The van der Waals surface area contributed by atoms with E-state index in [1.165, 1.54) is 5.56 Å². The van der Waals surface area contributed by atoms with Gasteiger partial charge in [-0.2, -0.15) is 0 Å². The Hall–Kier alpha value is -1.13. The number of pyridine rings is 1. The maximum absolute atomic E-state index is 9.13. The van der Waals surface area contributed by atoms with Crippen molar-refractivity contribution in [1.29, 1.82) is 0 Å². The largest absolute Gasteiger partial charge is 0.396 e. The molecule has 0 unspecified atom stereocenters. The molecule has 0 bridgehead atoms. The molecule has 0 aliphatic carbocycles. The molecule has 4 nitrogen and oxygen atoms in total. The van der Waals surface area contributed by atoms with Gasteiger partial charge in [0.15, 0.2) is 0 Å². The van der Waals surface area contributed by atoms with Crippen LogP contribution >= 0.6 is 0 Å². The number of piperidine rings is 1. The van der Waals surface area contributed by atoms with E-state index in [-0.39, 0.29) is 0 Å². The smallest absolute Gasteiger partial charge is 0.128 e. The van der Waals surface area contributed by atoms with Crippen LogP contribution in [0, 0.1) is 5.92 Å². The van der Waals surface area contributed by atoms with Crippen LogP contribution in [0.5, 0.6) is 0 Å². The van der Waals surface area contributed by atoms with Crippen LogP contribution in [0.3, 0.4) is 0 Å².